The van der Waals surface area contributed by atoms with Gasteiger partial charge < -0.3 is 31.5 Å². The average Bonchev–Trinajstić information content (AvgIpc) is 2.90. The summed E-state index contributed by atoms with van der Waals surface area (Å²) in [5.41, 5.74) is 10.4. The number of hydrogen-bond donors (Lipinski definition) is 5. The summed E-state index contributed by atoms with van der Waals surface area (Å²) in [6, 6.07) is 3.68. The van der Waals surface area contributed by atoms with Gasteiger partial charge in [0.15, 0.2) is 0 Å². The van der Waals surface area contributed by atoms with Crippen LogP contribution >= 0.6 is 22.6 Å². The minimum Gasteiger partial charge on any atom is -0.394 e. The van der Waals surface area contributed by atoms with Crippen LogP contribution in [0.1, 0.15) is 55.7 Å². The standard InChI is InChI=1S/C27H38F2IN7O/c1-16(38)36-11-7-23(35-18-5-8-34-9-6-18)22(15-36)27(32)37-10-3-4-17-12-19(21(14-33-2)26(30)31)20(25(28)29)13-24(17)37/h12-14,18,25-26,32-35H,3-11,15,31H2,1-2H3/b21-14-,32-27?. The van der Waals surface area contributed by atoms with Gasteiger partial charge in [0.25, 0.3) is 6.43 Å². The molecular weight excluding hydrogens is 603 g/mol. The van der Waals surface area contributed by atoms with Crippen molar-refractivity contribution in [2.24, 2.45) is 5.73 Å². The van der Waals surface area contributed by atoms with Crippen LogP contribution in [-0.2, 0) is 11.2 Å². The van der Waals surface area contributed by atoms with Gasteiger partial charge in [-0.15, -0.1) is 0 Å². The zero-order valence-electron chi connectivity index (χ0n) is 22.0. The molecule has 3 heterocycles. The van der Waals surface area contributed by atoms with Gasteiger partial charge in [-0.1, -0.05) is 22.6 Å². The Morgan fingerprint density at radius 3 is 2.63 bits per heavy atom. The summed E-state index contributed by atoms with van der Waals surface area (Å²) in [7, 11) is 1.72. The molecule has 1 amide bonds. The Bertz CT molecular complexity index is 1110. The summed E-state index contributed by atoms with van der Waals surface area (Å²) in [5.74, 6) is 0.247. The van der Waals surface area contributed by atoms with E-state index in [2.05, 4.69) is 16.0 Å². The van der Waals surface area contributed by atoms with E-state index in [0.29, 0.717) is 48.9 Å². The second-order valence-corrected chi connectivity index (χ2v) is 11.4. The molecule has 208 valence electrons. The van der Waals surface area contributed by atoms with Crippen molar-refractivity contribution in [3.05, 3.63) is 46.3 Å². The first-order valence-corrected chi connectivity index (χ1v) is 14.5. The minimum absolute atomic E-state index is 0.0288. The maximum atomic E-state index is 14.4. The molecule has 1 unspecified atom stereocenters. The highest BCUT2D eigenvalue weighted by atomic mass is 127. The summed E-state index contributed by atoms with van der Waals surface area (Å²) >= 11 is 2.03. The number of piperidine rings is 1. The van der Waals surface area contributed by atoms with Gasteiger partial charge >= 0.3 is 0 Å². The first-order valence-electron chi connectivity index (χ1n) is 13.2. The third-order valence-electron chi connectivity index (χ3n) is 7.58. The smallest absolute Gasteiger partial charge is 0.264 e. The van der Waals surface area contributed by atoms with Gasteiger partial charge in [0.1, 0.15) is 5.84 Å². The molecule has 0 radical (unpaired) electrons. The van der Waals surface area contributed by atoms with E-state index >= 15 is 0 Å². The van der Waals surface area contributed by atoms with Crippen LogP contribution in [0.2, 0.25) is 0 Å². The Kier molecular flexibility index (Phi) is 9.64. The quantitative estimate of drug-likeness (QED) is 0.103. The van der Waals surface area contributed by atoms with Crippen molar-refractivity contribution in [3.63, 3.8) is 0 Å². The lowest BCUT2D eigenvalue weighted by atomic mass is 9.91. The Hall–Kier alpha value is -2.25. The van der Waals surface area contributed by atoms with E-state index in [4.69, 9.17) is 5.73 Å². The number of nitrogens with two attached hydrogens (primary N) is 1. The molecule has 0 aliphatic carbocycles. The van der Waals surface area contributed by atoms with Gasteiger partial charge in [0.05, 0.1) is 10.6 Å². The number of halogens is 3. The molecule has 1 fully saturated rings. The van der Waals surface area contributed by atoms with Crippen LogP contribution in [0.15, 0.2) is 29.6 Å². The van der Waals surface area contributed by atoms with E-state index < -0.39 is 10.5 Å². The Morgan fingerprint density at radius 1 is 1.26 bits per heavy atom. The maximum absolute atomic E-state index is 14.4. The highest BCUT2D eigenvalue weighted by molar-refractivity contribution is 14.1. The molecule has 3 aliphatic rings. The lowest BCUT2D eigenvalue weighted by Crippen LogP contribution is -2.47. The number of aryl methyl sites for hydroxylation is 1. The topological polar surface area (TPSA) is 110 Å². The molecule has 0 saturated carbocycles. The Balaban J connectivity index is 1.74. The van der Waals surface area contributed by atoms with Crippen molar-refractivity contribution in [3.8, 4) is 0 Å². The highest BCUT2D eigenvalue weighted by Crippen LogP contribution is 2.39. The summed E-state index contributed by atoms with van der Waals surface area (Å²) in [5, 5.41) is 19.3. The molecular formula is C27H38F2IN7O. The van der Waals surface area contributed by atoms with E-state index in [0.717, 1.165) is 55.6 Å². The fourth-order valence-corrected chi connectivity index (χ4v) is 6.07. The first-order chi connectivity index (χ1) is 18.2. The fraction of sp³-hybridized carbons (Fsp3) is 0.556. The number of anilines is 1. The third-order valence-corrected chi connectivity index (χ3v) is 8.25. The first kappa shape index (κ1) is 28.8. The average molecular weight is 642 g/mol. The van der Waals surface area contributed by atoms with Crippen LogP contribution in [-0.4, -0.2) is 66.5 Å². The van der Waals surface area contributed by atoms with Crippen LogP contribution in [0.5, 0.6) is 0 Å². The Labute approximate surface area is 237 Å². The van der Waals surface area contributed by atoms with Crippen molar-refractivity contribution in [1.29, 1.82) is 5.41 Å². The molecule has 1 aromatic rings. The second kappa shape index (κ2) is 12.7. The van der Waals surface area contributed by atoms with Crippen molar-refractivity contribution in [1.82, 2.24) is 20.9 Å². The summed E-state index contributed by atoms with van der Waals surface area (Å²) < 4.78 is 28.3. The van der Waals surface area contributed by atoms with Crippen LogP contribution in [0.4, 0.5) is 14.5 Å². The number of fused-ring (bicyclic) bond motifs is 1. The largest absolute Gasteiger partial charge is 0.394 e. The Morgan fingerprint density at radius 2 is 2.00 bits per heavy atom. The van der Waals surface area contributed by atoms with Crippen LogP contribution < -0.4 is 26.6 Å². The van der Waals surface area contributed by atoms with Crippen molar-refractivity contribution < 1.29 is 13.6 Å². The van der Waals surface area contributed by atoms with Crippen LogP contribution in [0.3, 0.4) is 0 Å². The number of amidine groups is 1. The van der Waals surface area contributed by atoms with E-state index in [1.54, 1.807) is 25.1 Å². The summed E-state index contributed by atoms with van der Waals surface area (Å²) in [4.78, 5) is 15.9. The van der Waals surface area contributed by atoms with E-state index in [1.807, 2.05) is 33.6 Å². The number of nitrogens with zero attached hydrogens (tertiary/aromatic N) is 2. The normalized spacial score (nSPS) is 19.9. The lowest BCUT2D eigenvalue weighted by Gasteiger charge is -2.38. The number of alkyl halides is 3. The van der Waals surface area contributed by atoms with Gasteiger partial charge in [0, 0.05) is 73.8 Å². The summed E-state index contributed by atoms with van der Waals surface area (Å²) in [6.45, 7) is 4.94. The molecule has 0 aromatic heterocycles. The number of amides is 1. The van der Waals surface area contributed by atoms with E-state index in [9.17, 15) is 19.0 Å². The number of benzene rings is 1. The van der Waals surface area contributed by atoms with Crippen molar-refractivity contribution in [2.75, 3.05) is 44.7 Å². The van der Waals surface area contributed by atoms with Crippen molar-refractivity contribution in [2.45, 2.75) is 55.5 Å². The minimum atomic E-state index is -2.69. The lowest BCUT2D eigenvalue weighted by molar-refractivity contribution is -0.128. The zero-order valence-corrected chi connectivity index (χ0v) is 24.2. The molecule has 6 N–H and O–H groups in total. The number of carbonyl (C=O) groups is 1. The highest BCUT2D eigenvalue weighted by Gasteiger charge is 2.32. The predicted molar refractivity (Wildman–Crippen MR) is 157 cm³/mol. The van der Waals surface area contributed by atoms with Gasteiger partial charge in [-0.25, -0.2) is 8.78 Å². The van der Waals surface area contributed by atoms with Crippen LogP contribution in [0.25, 0.3) is 5.57 Å². The van der Waals surface area contributed by atoms with Crippen molar-refractivity contribution >= 4 is 45.6 Å². The molecule has 0 bridgehead atoms. The molecule has 11 heteroatoms. The van der Waals surface area contributed by atoms with Gasteiger partial charge in [-0.05, 0) is 62.0 Å². The van der Waals surface area contributed by atoms with Gasteiger partial charge in [-0.3, -0.25) is 10.2 Å². The maximum Gasteiger partial charge on any atom is 0.264 e. The number of nitrogens with one attached hydrogen (secondary N) is 4. The molecule has 1 atom stereocenters. The predicted octanol–water partition coefficient (Wildman–Crippen LogP) is 3.48. The molecule has 0 spiro atoms. The monoisotopic (exact) mass is 641 g/mol. The van der Waals surface area contributed by atoms with E-state index in [1.165, 1.54) is 6.07 Å². The SMILES string of the molecule is CN/C=C(/c1cc2c(cc1C(F)F)N(C(=N)C1=C(NC3CCNCC3)CCN(C(C)=O)C1)CCC2)C(N)I. The number of hydrogen-bond acceptors (Lipinski definition) is 6. The third kappa shape index (κ3) is 6.31. The molecule has 38 heavy (non-hydrogen) atoms. The van der Waals surface area contributed by atoms with Gasteiger partial charge in [0.2, 0.25) is 5.91 Å². The van der Waals surface area contributed by atoms with E-state index in [-0.39, 0.29) is 17.3 Å². The molecule has 1 saturated heterocycles. The number of rotatable bonds is 7. The van der Waals surface area contributed by atoms with Gasteiger partial charge in [-0.2, -0.15) is 0 Å². The molecule has 1 aromatic carbocycles. The summed E-state index contributed by atoms with van der Waals surface area (Å²) in [6.07, 6.45) is 3.15. The second-order valence-electron chi connectivity index (χ2n) is 10.1. The molecule has 8 nitrogen and oxygen atoms in total. The fourth-order valence-electron chi connectivity index (χ4n) is 5.56. The number of carbonyl (C=O) groups excluding carboxylic acids is 1. The van der Waals surface area contributed by atoms with Crippen LogP contribution in [0, 0.1) is 5.41 Å². The molecule has 4 rings (SSSR count). The molecule has 3 aliphatic heterocycles. The zero-order chi connectivity index (χ0) is 27.4.